The van der Waals surface area contributed by atoms with Gasteiger partial charge in [-0.2, -0.15) is 0 Å². The van der Waals surface area contributed by atoms with Gasteiger partial charge in [-0.05, 0) is 45.8 Å². The molecule has 0 bridgehead atoms. The Balaban J connectivity index is 2.20. The number of halogens is 1. The van der Waals surface area contributed by atoms with Crippen molar-refractivity contribution in [2.24, 2.45) is 0 Å². The molecule has 0 spiro atoms. The average molecular weight is 262 g/mol. The maximum atomic E-state index is 10.5. The Labute approximate surface area is 87.9 Å². The van der Waals surface area contributed by atoms with Crippen LogP contribution in [0.4, 0.5) is 4.79 Å². The van der Waals surface area contributed by atoms with Crippen LogP contribution < -0.4 is 5.32 Å². The minimum atomic E-state index is -0.945. The van der Waals surface area contributed by atoms with Gasteiger partial charge < -0.3 is 10.4 Å². The molecule has 1 saturated carbocycles. The van der Waals surface area contributed by atoms with Gasteiger partial charge in [-0.15, -0.1) is 11.3 Å². The van der Waals surface area contributed by atoms with E-state index in [1.807, 2.05) is 11.4 Å². The van der Waals surface area contributed by atoms with Crippen LogP contribution in [-0.2, 0) is 5.54 Å². The predicted octanol–water partition coefficient (Wildman–Crippen LogP) is 2.77. The molecule has 1 aliphatic carbocycles. The van der Waals surface area contributed by atoms with Crippen LogP contribution in [0.15, 0.2) is 15.2 Å². The number of hydrogen-bond acceptors (Lipinski definition) is 2. The van der Waals surface area contributed by atoms with Crippen LogP contribution in [0.1, 0.15) is 18.4 Å². The van der Waals surface area contributed by atoms with Crippen molar-refractivity contribution in [1.29, 1.82) is 0 Å². The van der Waals surface area contributed by atoms with Gasteiger partial charge in [0.2, 0.25) is 0 Å². The van der Waals surface area contributed by atoms with Crippen molar-refractivity contribution in [1.82, 2.24) is 5.32 Å². The van der Waals surface area contributed by atoms with Gasteiger partial charge in [0.1, 0.15) is 0 Å². The molecule has 5 heteroatoms. The van der Waals surface area contributed by atoms with Crippen LogP contribution in [0.2, 0.25) is 0 Å². The van der Waals surface area contributed by atoms with Gasteiger partial charge in [-0.3, -0.25) is 0 Å². The number of thiophene rings is 1. The standard InChI is InChI=1S/C8H8BrNO2S/c9-6-3-5(4-13-6)8(1-2-8)10-7(11)12/h3-4,10H,1-2H2,(H,11,12). The van der Waals surface area contributed by atoms with Crippen LogP contribution in [-0.4, -0.2) is 11.2 Å². The molecule has 0 aliphatic heterocycles. The zero-order valence-electron chi connectivity index (χ0n) is 6.71. The molecule has 1 aromatic rings. The van der Waals surface area contributed by atoms with Crippen molar-refractivity contribution in [3.63, 3.8) is 0 Å². The molecule has 1 fully saturated rings. The first-order valence-corrected chi connectivity index (χ1v) is 5.55. The monoisotopic (exact) mass is 261 g/mol. The Hall–Kier alpha value is -0.550. The minimum Gasteiger partial charge on any atom is -0.465 e. The second kappa shape index (κ2) is 2.99. The molecule has 1 amide bonds. The Bertz CT molecular complexity index is 346. The van der Waals surface area contributed by atoms with E-state index in [1.54, 1.807) is 11.3 Å². The number of rotatable bonds is 2. The van der Waals surface area contributed by atoms with Gasteiger partial charge in [0.25, 0.3) is 0 Å². The van der Waals surface area contributed by atoms with E-state index < -0.39 is 6.09 Å². The van der Waals surface area contributed by atoms with Crippen LogP contribution in [0.25, 0.3) is 0 Å². The highest BCUT2D eigenvalue weighted by atomic mass is 79.9. The summed E-state index contributed by atoms with van der Waals surface area (Å²) in [5.41, 5.74) is 0.792. The van der Waals surface area contributed by atoms with Crippen molar-refractivity contribution < 1.29 is 9.90 Å². The van der Waals surface area contributed by atoms with Gasteiger partial charge in [0.05, 0.1) is 9.33 Å². The summed E-state index contributed by atoms with van der Waals surface area (Å²) < 4.78 is 1.04. The molecule has 3 nitrogen and oxygen atoms in total. The number of amides is 1. The Kier molecular flexibility index (Phi) is 2.08. The highest BCUT2D eigenvalue weighted by Gasteiger charge is 2.46. The van der Waals surface area contributed by atoms with Gasteiger partial charge in [-0.25, -0.2) is 4.79 Å². The minimum absolute atomic E-state index is 0.283. The first-order chi connectivity index (χ1) is 6.12. The summed E-state index contributed by atoms with van der Waals surface area (Å²) in [7, 11) is 0. The van der Waals surface area contributed by atoms with E-state index in [4.69, 9.17) is 5.11 Å². The quantitative estimate of drug-likeness (QED) is 0.860. The largest absolute Gasteiger partial charge is 0.465 e. The zero-order chi connectivity index (χ0) is 9.47. The van der Waals surface area contributed by atoms with E-state index in [9.17, 15) is 4.79 Å². The number of carbonyl (C=O) groups is 1. The van der Waals surface area contributed by atoms with Gasteiger partial charge in [0.15, 0.2) is 0 Å². The average Bonchev–Trinajstić information content (AvgIpc) is 2.65. The third-order valence-corrected chi connectivity index (χ3v) is 3.72. The SMILES string of the molecule is O=C(O)NC1(c2csc(Br)c2)CC1. The Morgan fingerprint density at radius 3 is 2.77 bits per heavy atom. The van der Waals surface area contributed by atoms with E-state index in [0.717, 1.165) is 22.2 Å². The number of carboxylic acid groups (broad SMARTS) is 1. The summed E-state index contributed by atoms with van der Waals surface area (Å²) in [6, 6.07) is 1.98. The molecular weight excluding hydrogens is 254 g/mol. The maximum Gasteiger partial charge on any atom is 0.405 e. The molecule has 13 heavy (non-hydrogen) atoms. The second-order valence-electron chi connectivity index (χ2n) is 3.15. The van der Waals surface area contributed by atoms with E-state index >= 15 is 0 Å². The zero-order valence-corrected chi connectivity index (χ0v) is 9.11. The molecular formula is C8H8BrNO2S. The summed E-state index contributed by atoms with van der Waals surface area (Å²) in [6.45, 7) is 0. The lowest BCUT2D eigenvalue weighted by atomic mass is 10.1. The first-order valence-electron chi connectivity index (χ1n) is 3.88. The van der Waals surface area contributed by atoms with Crippen LogP contribution in [0.5, 0.6) is 0 Å². The molecule has 2 N–H and O–H groups in total. The topological polar surface area (TPSA) is 49.3 Å². The lowest BCUT2D eigenvalue weighted by molar-refractivity contribution is 0.188. The summed E-state index contributed by atoms with van der Waals surface area (Å²) in [5.74, 6) is 0. The summed E-state index contributed by atoms with van der Waals surface area (Å²) in [6.07, 6.45) is 0.866. The van der Waals surface area contributed by atoms with E-state index in [-0.39, 0.29) is 5.54 Å². The lowest BCUT2D eigenvalue weighted by Gasteiger charge is -2.12. The summed E-state index contributed by atoms with van der Waals surface area (Å²) >= 11 is 4.94. The maximum absolute atomic E-state index is 10.5. The number of nitrogens with one attached hydrogen (secondary N) is 1. The fraction of sp³-hybridized carbons (Fsp3) is 0.375. The van der Waals surface area contributed by atoms with E-state index in [1.165, 1.54) is 0 Å². The van der Waals surface area contributed by atoms with Crippen molar-refractivity contribution in [3.05, 3.63) is 20.8 Å². The molecule has 0 atom stereocenters. The molecule has 1 heterocycles. The van der Waals surface area contributed by atoms with Crippen molar-refractivity contribution in [2.45, 2.75) is 18.4 Å². The van der Waals surface area contributed by atoms with Crippen LogP contribution in [0.3, 0.4) is 0 Å². The van der Waals surface area contributed by atoms with E-state index in [2.05, 4.69) is 21.2 Å². The molecule has 70 valence electrons. The fourth-order valence-corrected chi connectivity index (χ4v) is 2.63. The third kappa shape index (κ3) is 1.71. The predicted molar refractivity (Wildman–Crippen MR) is 54.1 cm³/mol. The highest BCUT2D eigenvalue weighted by molar-refractivity contribution is 9.11. The van der Waals surface area contributed by atoms with Gasteiger partial charge in [-0.1, -0.05) is 0 Å². The Morgan fingerprint density at radius 2 is 2.38 bits per heavy atom. The Morgan fingerprint density at radius 1 is 1.69 bits per heavy atom. The normalized spacial score (nSPS) is 18.2. The molecule has 2 rings (SSSR count). The molecule has 0 aromatic carbocycles. The van der Waals surface area contributed by atoms with Gasteiger partial charge >= 0.3 is 6.09 Å². The third-order valence-electron chi connectivity index (χ3n) is 2.22. The van der Waals surface area contributed by atoms with Gasteiger partial charge in [0, 0.05) is 0 Å². The highest BCUT2D eigenvalue weighted by Crippen LogP contribution is 2.47. The van der Waals surface area contributed by atoms with Crippen LogP contribution in [0, 0.1) is 0 Å². The molecule has 0 radical (unpaired) electrons. The molecule has 1 aromatic heterocycles. The number of hydrogen-bond donors (Lipinski definition) is 2. The van der Waals surface area contributed by atoms with Crippen molar-refractivity contribution in [2.75, 3.05) is 0 Å². The fourth-order valence-electron chi connectivity index (χ4n) is 1.38. The summed E-state index contributed by atoms with van der Waals surface area (Å²) in [4.78, 5) is 10.5. The summed E-state index contributed by atoms with van der Waals surface area (Å²) in [5, 5.41) is 13.2. The van der Waals surface area contributed by atoms with Crippen LogP contribution >= 0.6 is 27.3 Å². The molecule has 1 aliphatic rings. The smallest absolute Gasteiger partial charge is 0.405 e. The van der Waals surface area contributed by atoms with Crippen molar-refractivity contribution in [3.8, 4) is 0 Å². The van der Waals surface area contributed by atoms with Crippen molar-refractivity contribution >= 4 is 33.4 Å². The molecule has 0 saturated heterocycles. The molecule has 0 unspecified atom stereocenters. The van der Waals surface area contributed by atoms with E-state index in [0.29, 0.717) is 0 Å². The lowest BCUT2D eigenvalue weighted by Crippen LogP contribution is -2.33. The second-order valence-corrected chi connectivity index (χ2v) is 5.44. The first kappa shape index (κ1) is 9.02.